The van der Waals surface area contributed by atoms with Crippen molar-refractivity contribution in [1.82, 2.24) is 24.8 Å². The Bertz CT molecular complexity index is 1310. The monoisotopic (exact) mass is 529 g/mol. The van der Waals surface area contributed by atoms with E-state index >= 15 is 0 Å². The third kappa shape index (κ3) is 6.76. The second-order valence-corrected chi connectivity index (χ2v) is 9.50. The molecule has 1 aliphatic rings. The van der Waals surface area contributed by atoms with Crippen LogP contribution in [0, 0.1) is 0 Å². The first-order valence-electron chi connectivity index (χ1n) is 12.3. The second kappa shape index (κ2) is 12.4. The van der Waals surface area contributed by atoms with E-state index in [0.29, 0.717) is 28.7 Å². The molecule has 0 bridgehead atoms. The largest absolute Gasteiger partial charge is 0.495 e. The van der Waals surface area contributed by atoms with Crippen LogP contribution in [-0.2, 0) is 16.1 Å². The number of hydrogen-bond donors (Lipinski definition) is 1. The van der Waals surface area contributed by atoms with Crippen LogP contribution in [0.15, 0.2) is 35.3 Å². The SMILES string of the molecule is COc1cc(-c2nc3ncc(OCCCN4CCOCC4)cc3c(=O)n2CC(=O)NC(C)C)ccc1Cl. The minimum atomic E-state index is -0.390. The molecule has 1 fully saturated rings. The molecule has 11 heteroatoms. The maximum atomic E-state index is 13.6. The van der Waals surface area contributed by atoms with Gasteiger partial charge in [0.1, 0.15) is 23.9 Å². The maximum Gasteiger partial charge on any atom is 0.263 e. The zero-order valence-electron chi connectivity index (χ0n) is 21.3. The molecule has 3 aromatic rings. The van der Waals surface area contributed by atoms with Crippen molar-refractivity contribution in [3.05, 3.63) is 45.8 Å². The van der Waals surface area contributed by atoms with E-state index in [1.807, 2.05) is 13.8 Å². The lowest BCUT2D eigenvalue weighted by Crippen LogP contribution is -2.37. The van der Waals surface area contributed by atoms with Crippen molar-refractivity contribution in [3.8, 4) is 22.9 Å². The molecule has 1 saturated heterocycles. The Labute approximate surface area is 220 Å². The van der Waals surface area contributed by atoms with Gasteiger partial charge in [-0.15, -0.1) is 0 Å². The van der Waals surface area contributed by atoms with Gasteiger partial charge in [0.25, 0.3) is 5.56 Å². The van der Waals surface area contributed by atoms with Crippen LogP contribution >= 0.6 is 11.6 Å². The maximum absolute atomic E-state index is 13.6. The number of aromatic nitrogens is 3. The van der Waals surface area contributed by atoms with E-state index in [1.54, 1.807) is 30.5 Å². The molecule has 1 amide bonds. The minimum Gasteiger partial charge on any atom is -0.495 e. The molecule has 4 rings (SSSR count). The standard InChI is InChI=1S/C26H32ClN5O5/c1-17(2)29-23(33)16-32-25(18-5-6-21(27)22(13-18)35-3)30-24-20(26(32)34)14-19(15-28-24)37-10-4-7-31-8-11-36-12-9-31/h5-6,13-15,17H,4,7-12,16H2,1-3H3,(H,29,33). The fraction of sp³-hybridized carbons (Fsp3) is 0.462. The molecule has 2 aromatic heterocycles. The molecule has 0 spiro atoms. The average Bonchev–Trinajstić information content (AvgIpc) is 2.89. The second-order valence-electron chi connectivity index (χ2n) is 9.10. The fourth-order valence-corrected chi connectivity index (χ4v) is 4.34. The number of pyridine rings is 1. The summed E-state index contributed by atoms with van der Waals surface area (Å²) in [5, 5.41) is 3.52. The van der Waals surface area contributed by atoms with Gasteiger partial charge >= 0.3 is 0 Å². The molecule has 3 heterocycles. The number of hydrogen-bond acceptors (Lipinski definition) is 8. The van der Waals surface area contributed by atoms with Crippen LogP contribution in [0.5, 0.6) is 11.5 Å². The summed E-state index contributed by atoms with van der Waals surface area (Å²) in [6, 6.07) is 6.62. The molecular formula is C26H32ClN5O5. The van der Waals surface area contributed by atoms with Gasteiger partial charge in [-0.25, -0.2) is 9.97 Å². The number of carbonyl (C=O) groups excluding carboxylic acids is 1. The van der Waals surface area contributed by atoms with Gasteiger partial charge in [-0.3, -0.25) is 19.1 Å². The summed E-state index contributed by atoms with van der Waals surface area (Å²) in [6.45, 7) is 8.29. The molecule has 0 atom stereocenters. The zero-order valence-corrected chi connectivity index (χ0v) is 22.1. The van der Waals surface area contributed by atoms with Gasteiger partial charge in [-0.1, -0.05) is 11.6 Å². The summed E-state index contributed by atoms with van der Waals surface area (Å²) in [5.74, 6) is 0.898. The Morgan fingerprint density at radius 1 is 1.24 bits per heavy atom. The Balaban J connectivity index is 1.63. The van der Waals surface area contributed by atoms with Crippen LogP contribution in [0.4, 0.5) is 0 Å². The van der Waals surface area contributed by atoms with Crippen molar-refractivity contribution in [2.75, 3.05) is 46.6 Å². The smallest absolute Gasteiger partial charge is 0.263 e. The molecule has 0 saturated carbocycles. The van der Waals surface area contributed by atoms with Gasteiger partial charge in [0.2, 0.25) is 5.91 Å². The van der Waals surface area contributed by atoms with Crippen LogP contribution in [0.3, 0.4) is 0 Å². The number of nitrogens with zero attached hydrogens (tertiary/aromatic N) is 4. The zero-order chi connectivity index (χ0) is 26.4. The molecule has 1 aliphatic heterocycles. The van der Waals surface area contributed by atoms with Gasteiger partial charge in [-0.05, 0) is 44.5 Å². The molecular weight excluding hydrogens is 498 g/mol. The Morgan fingerprint density at radius 3 is 2.76 bits per heavy atom. The van der Waals surface area contributed by atoms with Crippen molar-refractivity contribution >= 4 is 28.5 Å². The number of benzene rings is 1. The summed E-state index contributed by atoms with van der Waals surface area (Å²) in [7, 11) is 1.51. The average molecular weight is 530 g/mol. The van der Waals surface area contributed by atoms with Crippen molar-refractivity contribution in [2.24, 2.45) is 0 Å². The first-order valence-corrected chi connectivity index (χ1v) is 12.7. The Kier molecular flexibility index (Phi) is 8.96. The van der Waals surface area contributed by atoms with E-state index < -0.39 is 0 Å². The molecule has 37 heavy (non-hydrogen) atoms. The lowest BCUT2D eigenvalue weighted by molar-refractivity contribution is -0.122. The molecule has 0 radical (unpaired) electrons. The molecule has 0 aliphatic carbocycles. The summed E-state index contributed by atoms with van der Waals surface area (Å²) in [6.07, 6.45) is 2.40. The summed E-state index contributed by atoms with van der Waals surface area (Å²) in [5.41, 5.74) is 0.442. The van der Waals surface area contributed by atoms with E-state index in [2.05, 4.69) is 20.2 Å². The first-order chi connectivity index (χ1) is 17.9. The number of fused-ring (bicyclic) bond motifs is 1. The van der Waals surface area contributed by atoms with Crippen LogP contribution in [0.2, 0.25) is 5.02 Å². The summed E-state index contributed by atoms with van der Waals surface area (Å²) in [4.78, 5) is 37.6. The van der Waals surface area contributed by atoms with Crippen molar-refractivity contribution in [2.45, 2.75) is 32.9 Å². The molecule has 198 valence electrons. The van der Waals surface area contributed by atoms with Crippen LogP contribution in [0.25, 0.3) is 22.4 Å². The number of rotatable bonds is 10. The number of amides is 1. The summed E-state index contributed by atoms with van der Waals surface area (Å²) >= 11 is 6.19. The number of nitrogens with one attached hydrogen (secondary N) is 1. The first kappa shape index (κ1) is 26.8. The number of carbonyl (C=O) groups is 1. The number of halogens is 1. The van der Waals surface area contributed by atoms with Crippen molar-refractivity contribution in [3.63, 3.8) is 0 Å². The lowest BCUT2D eigenvalue weighted by Gasteiger charge is -2.26. The highest BCUT2D eigenvalue weighted by Crippen LogP contribution is 2.30. The highest BCUT2D eigenvalue weighted by molar-refractivity contribution is 6.32. The van der Waals surface area contributed by atoms with Gasteiger partial charge in [-0.2, -0.15) is 0 Å². The van der Waals surface area contributed by atoms with Crippen LogP contribution in [0.1, 0.15) is 20.3 Å². The lowest BCUT2D eigenvalue weighted by atomic mass is 10.2. The van der Waals surface area contributed by atoms with E-state index in [1.165, 1.54) is 11.7 Å². The van der Waals surface area contributed by atoms with Crippen LogP contribution < -0.4 is 20.3 Å². The third-order valence-corrected chi connectivity index (χ3v) is 6.25. The highest BCUT2D eigenvalue weighted by Gasteiger charge is 2.19. The Morgan fingerprint density at radius 2 is 2.03 bits per heavy atom. The van der Waals surface area contributed by atoms with Crippen LogP contribution in [-0.4, -0.2) is 77.9 Å². The predicted molar refractivity (Wildman–Crippen MR) is 141 cm³/mol. The summed E-state index contributed by atoms with van der Waals surface area (Å²) < 4.78 is 17.9. The normalized spacial score (nSPS) is 14.2. The van der Waals surface area contributed by atoms with Gasteiger partial charge in [0.15, 0.2) is 5.65 Å². The van der Waals surface area contributed by atoms with Gasteiger partial charge in [0, 0.05) is 31.2 Å². The van der Waals surface area contributed by atoms with Crippen molar-refractivity contribution in [1.29, 1.82) is 0 Å². The quantitative estimate of drug-likeness (QED) is 0.399. The molecule has 10 nitrogen and oxygen atoms in total. The van der Waals surface area contributed by atoms with Gasteiger partial charge < -0.3 is 19.5 Å². The predicted octanol–water partition coefficient (Wildman–Crippen LogP) is 2.75. The van der Waals surface area contributed by atoms with E-state index in [-0.39, 0.29) is 40.9 Å². The molecule has 0 unspecified atom stereocenters. The number of ether oxygens (including phenoxy) is 3. The number of morpholine rings is 1. The molecule has 1 N–H and O–H groups in total. The Hall–Kier alpha value is -3.21. The molecule has 1 aromatic carbocycles. The van der Waals surface area contributed by atoms with E-state index in [9.17, 15) is 9.59 Å². The fourth-order valence-electron chi connectivity index (χ4n) is 4.15. The van der Waals surface area contributed by atoms with E-state index in [0.717, 1.165) is 39.3 Å². The minimum absolute atomic E-state index is 0.0742. The third-order valence-electron chi connectivity index (χ3n) is 5.94. The van der Waals surface area contributed by atoms with Crippen molar-refractivity contribution < 1.29 is 19.0 Å². The number of methoxy groups -OCH3 is 1. The topological polar surface area (TPSA) is 108 Å². The van der Waals surface area contributed by atoms with Gasteiger partial charge in [0.05, 0.1) is 43.5 Å². The van der Waals surface area contributed by atoms with E-state index in [4.69, 9.17) is 25.8 Å². The highest BCUT2D eigenvalue weighted by atomic mass is 35.5.